The van der Waals surface area contributed by atoms with Gasteiger partial charge in [-0.05, 0) is 32.0 Å². The fourth-order valence-corrected chi connectivity index (χ4v) is 1.90. The molecule has 0 unspecified atom stereocenters. The van der Waals surface area contributed by atoms with Gasteiger partial charge in [0.25, 0.3) is 0 Å². The highest BCUT2D eigenvalue weighted by atomic mass is 35.5. The van der Waals surface area contributed by atoms with Crippen LogP contribution in [0.5, 0.6) is 0 Å². The van der Waals surface area contributed by atoms with Crippen molar-refractivity contribution in [2.24, 2.45) is 0 Å². The molecule has 0 fully saturated rings. The van der Waals surface area contributed by atoms with E-state index in [1.165, 1.54) is 6.92 Å². The van der Waals surface area contributed by atoms with E-state index in [9.17, 15) is 4.79 Å². The number of imidazole rings is 1. The molecule has 0 spiro atoms. The second-order valence-corrected chi connectivity index (χ2v) is 3.97. The third-order valence-corrected chi connectivity index (χ3v) is 2.75. The summed E-state index contributed by atoms with van der Waals surface area (Å²) < 4.78 is 1.91. The second-order valence-electron chi connectivity index (χ2n) is 3.56. The molecule has 0 atom stereocenters. The zero-order valence-corrected chi connectivity index (χ0v) is 9.82. The summed E-state index contributed by atoms with van der Waals surface area (Å²) in [4.78, 5) is 15.4. The van der Waals surface area contributed by atoms with Crippen LogP contribution in [0.4, 0.5) is 0 Å². The maximum Gasteiger partial charge on any atom is 0.161 e. The molecule has 1 heterocycles. The van der Waals surface area contributed by atoms with Crippen molar-refractivity contribution in [3.63, 3.8) is 0 Å². The molecule has 0 aliphatic heterocycles. The Hall–Kier alpha value is -1.61. The largest absolute Gasteiger partial charge is 0.304 e. The van der Waals surface area contributed by atoms with Gasteiger partial charge in [0.05, 0.1) is 5.02 Å². The summed E-state index contributed by atoms with van der Waals surface area (Å²) >= 11 is 6.04. The zero-order valence-electron chi connectivity index (χ0n) is 9.07. The van der Waals surface area contributed by atoms with Gasteiger partial charge in [-0.15, -0.1) is 0 Å². The van der Waals surface area contributed by atoms with Crippen LogP contribution < -0.4 is 0 Å². The Labute approximate surface area is 98.7 Å². The lowest BCUT2D eigenvalue weighted by molar-refractivity contribution is 0.101. The van der Waals surface area contributed by atoms with E-state index in [0.29, 0.717) is 10.6 Å². The number of nitrogens with zero attached hydrogens (tertiary/aromatic N) is 2. The van der Waals surface area contributed by atoms with Gasteiger partial charge in [0.2, 0.25) is 0 Å². The number of hydrogen-bond donors (Lipinski definition) is 0. The maximum absolute atomic E-state index is 11.2. The fraction of sp³-hybridized carbons (Fsp3) is 0.167. The Morgan fingerprint density at radius 1 is 1.44 bits per heavy atom. The van der Waals surface area contributed by atoms with Gasteiger partial charge >= 0.3 is 0 Å². The van der Waals surface area contributed by atoms with Crippen LogP contribution in [0, 0.1) is 6.92 Å². The quantitative estimate of drug-likeness (QED) is 0.749. The normalized spacial score (nSPS) is 10.4. The van der Waals surface area contributed by atoms with E-state index in [-0.39, 0.29) is 5.78 Å². The summed E-state index contributed by atoms with van der Waals surface area (Å²) in [7, 11) is 0. The van der Waals surface area contributed by atoms with Crippen molar-refractivity contribution in [2.45, 2.75) is 13.8 Å². The van der Waals surface area contributed by atoms with E-state index < -0.39 is 0 Å². The number of Topliss-reactive ketones (excluding diaryl/α,β-unsaturated/α-hetero) is 1. The Morgan fingerprint density at radius 3 is 2.69 bits per heavy atom. The van der Waals surface area contributed by atoms with Gasteiger partial charge in [0.15, 0.2) is 5.78 Å². The molecule has 82 valence electrons. The van der Waals surface area contributed by atoms with Gasteiger partial charge in [-0.25, -0.2) is 4.98 Å². The Balaban J connectivity index is 2.50. The first-order chi connectivity index (χ1) is 7.59. The molecule has 1 aromatic carbocycles. The summed E-state index contributed by atoms with van der Waals surface area (Å²) in [6, 6.07) is 5.36. The lowest BCUT2D eigenvalue weighted by atomic mass is 10.1. The van der Waals surface area contributed by atoms with Gasteiger partial charge in [0.1, 0.15) is 5.82 Å². The number of benzene rings is 1. The minimum Gasteiger partial charge on any atom is -0.304 e. The number of aryl methyl sites for hydroxylation is 1. The van der Waals surface area contributed by atoms with Crippen LogP contribution in [0.15, 0.2) is 30.6 Å². The third kappa shape index (κ3) is 1.86. The molecular weight excluding hydrogens is 224 g/mol. The number of hydrogen-bond acceptors (Lipinski definition) is 2. The molecule has 0 N–H and O–H groups in total. The highest BCUT2D eigenvalue weighted by Gasteiger charge is 2.07. The Morgan fingerprint density at radius 2 is 2.19 bits per heavy atom. The SMILES string of the molecule is CC(=O)c1ccc(-n2ccnc2C)cc1Cl. The van der Waals surface area contributed by atoms with Gasteiger partial charge in [-0.1, -0.05) is 11.6 Å². The number of carbonyl (C=O) groups is 1. The molecule has 0 radical (unpaired) electrons. The van der Waals surface area contributed by atoms with E-state index >= 15 is 0 Å². The van der Waals surface area contributed by atoms with Crippen molar-refractivity contribution in [1.82, 2.24) is 9.55 Å². The highest BCUT2D eigenvalue weighted by molar-refractivity contribution is 6.34. The van der Waals surface area contributed by atoms with Crippen molar-refractivity contribution in [3.8, 4) is 5.69 Å². The van der Waals surface area contributed by atoms with Crippen molar-refractivity contribution in [2.75, 3.05) is 0 Å². The van der Waals surface area contributed by atoms with Crippen molar-refractivity contribution >= 4 is 17.4 Å². The van der Waals surface area contributed by atoms with Crippen LogP contribution >= 0.6 is 11.6 Å². The van der Waals surface area contributed by atoms with E-state index in [1.54, 1.807) is 18.3 Å². The predicted molar refractivity (Wildman–Crippen MR) is 63.3 cm³/mol. The molecule has 3 nitrogen and oxygen atoms in total. The summed E-state index contributed by atoms with van der Waals surface area (Å²) in [5.41, 5.74) is 1.45. The molecule has 0 aliphatic rings. The number of carbonyl (C=O) groups excluding carboxylic acids is 1. The monoisotopic (exact) mass is 234 g/mol. The number of halogens is 1. The summed E-state index contributed by atoms with van der Waals surface area (Å²) in [6.45, 7) is 3.41. The minimum atomic E-state index is -0.0288. The minimum absolute atomic E-state index is 0.0288. The first-order valence-corrected chi connectivity index (χ1v) is 5.28. The molecule has 16 heavy (non-hydrogen) atoms. The smallest absolute Gasteiger partial charge is 0.161 e. The van der Waals surface area contributed by atoms with Crippen molar-refractivity contribution < 1.29 is 4.79 Å². The lowest BCUT2D eigenvalue weighted by Crippen LogP contribution is -1.98. The van der Waals surface area contributed by atoms with Gasteiger partial charge in [-0.3, -0.25) is 4.79 Å². The fourth-order valence-electron chi connectivity index (χ4n) is 1.59. The van der Waals surface area contributed by atoms with Crippen molar-refractivity contribution in [1.29, 1.82) is 0 Å². The van der Waals surface area contributed by atoms with Crippen LogP contribution in [0.1, 0.15) is 23.1 Å². The maximum atomic E-state index is 11.2. The molecule has 2 rings (SSSR count). The molecular formula is C12H11ClN2O. The number of ketones is 1. The first kappa shape index (κ1) is 10.9. The average molecular weight is 235 g/mol. The molecule has 0 amide bonds. The first-order valence-electron chi connectivity index (χ1n) is 4.90. The molecule has 0 saturated carbocycles. The molecule has 1 aromatic heterocycles. The summed E-state index contributed by atoms with van der Waals surface area (Å²) in [6.07, 6.45) is 3.58. The molecule has 0 aliphatic carbocycles. The summed E-state index contributed by atoms with van der Waals surface area (Å²) in [5.74, 6) is 0.852. The lowest BCUT2D eigenvalue weighted by Gasteiger charge is -2.07. The standard InChI is InChI=1S/C12H11ClN2O/c1-8(16)11-4-3-10(7-12(11)13)15-6-5-14-9(15)2/h3-7H,1-2H3. The van der Waals surface area contributed by atoms with Gasteiger partial charge in [0, 0.05) is 23.6 Å². The summed E-state index contributed by atoms with van der Waals surface area (Å²) in [5, 5.41) is 0.470. The van der Waals surface area contributed by atoms with Crippen LogP contribution in [-0.2, 0) is 0 Å². The Kier molecular flexibility index (Phi) is 2.79. The second kappa shape index (κ2) is 4.10. The van der Waals surface area contributed by atoms with Crippen LogP contribution in [0.3, 0.4) is 0 Å². The van der Waals surface area contributed by atoms with Gasteiger partial charge in [-0.2, -0.15) is 0 Å². The third-order valence-electron chi connectivity index (χ3n) is 2.44. The Bertz CT molecular complexity index is 546. The van der Waals surface area contributed by atoms with Crippen molar-refractivity contribution in [3.05, 3.63) is 47.0 Å². The van der Waals surface area contributed by atoms with Crippen LogP contribution in [0.2, 0.25) is 5.02 Å². The van der Waals surface area contributed by atoms with E-state index in [1.807, 2.05) is 23.8 Å². The molecule has 4 heteroatoms. The number of rotatable bonds is 2. The van der Waals surface area contributed by atoms with Gasteiger partial charge < -0.3 is 4.57 Å². The van der Waals surface area contributed by atoms with E-state index in [4.69, 9.17) is 11.6 Å². The van der Waals surface area contributed by atoms with Crippen LogP contribution in [-0.4, -0.2) is 15.3 Å². The topological polar surface area (TPSA) is 34.9 Å². The number of aromatic nitrogens is 2. The molecule has 2 aromatic rings. The van der Waals surface area contributed by atoms with E-state index in [2.05, 4.69) is 4.98 Å². The zero-order chi connectivity index (χ0) is 11.7. The van der Waals surface area contributed by atoms with E-state index in [0.717, 1.165) is 11.5 Å². The van der Waals surface area contributed by atoms with Crippen LogP contribution in [0.25, 0.3) is 5.69 Å². The average Bonchev–Trinajstić information content (AvgIpc) is 2.63. The molecule has 0 saturated heterocycles. The predicted octanol–water partition coefficient (Wildman–Crippen LogP) is 3.04. The molecule has 0 bridgehead atoms. The highest BCUT2D eigenvalue weighted by Crippen LogP contribution is 2.21.